The van der Waals surface area contributed by atoms with E-state index in [0.717, 1.165) is 38.5 Å². The number of fused-ring (bicyclic) bond motifs is 2. The molecule has 0 aliphatic heterocycles. The van der Waals surface area contributed by atoms with E-state index in [-0.39, 0.29) is 0 Å². The van der Waals surface area contributed by atoms with E-state index in [0.29, 0.717) is 11.8 Å². The van der Waals surface area contributed by atoms with Crippen LogP contribution in [0.4, 0.5) is 0 Å². The highest BCUT2D eigenvalue weighted by molar-refractivity contribution is 5.80. The second kappa shape index (κ2) is 15.2. The maximum atomic E-state index is 2.44. The second-order valence-corrected chi connectivity index (χ2v) is 11.7. The predicted octanol–water partition coefficient (Wildman–Crippen LogP) is 9.90. The molecule has 1 aromatic carbocycles. The van der Waals surface area contributed by atoms with Crippen molar-refractivity contribution in [2.45, 2.75) is 38.5 Å². The zero-order chi connectivity index (χ0) is 29.8. The lowest BCUT2D eigenvalue weighted by molar-refractivity contribution is 0.676. The molecule has 0 bridgehead atoms. The lowest BCUT2D eigenvalue weighted by Crippen LogP contribution is -2.40. The van der Waals surface area contributed by atoms with Gasteiger partial charge in [-0.3, -0.25) is 0 Å². The van der Waals surface area contributed by atoms with Crippen LogP contribution in [0.3, 0.4) is 0 Å². The van der Waals surface area contributed by atoms with Gasteiger partial charge in [0.25, 0.3) is 0 Å². The Morgan fingerprint density at radius 3 is 1.68 bits per heavy atom. The molecule has 0 fully saturated rings. The third kappa shape index (κ3) is 7.09. The summed E-state index contributed by atoms with van der Waals surface area (Å²) in [5.74, 6) is 0.602. The van der Waals surface area contributed by atoms with E-state index in [9.17, 15) is 0 Å². The number of hydrogen-bond donors (Lipinski definition) is 0. The van der Waals surface area contributed by atoms with Crippen molar-refractivity contribution in [3.8, 4) is 0 Å². The number of rotatable bonds is 3. The summed E-state index contributed by atoms with van der Waals surface area (Å²) in [4.78, 5) is 0. The third-order valence-electron chi connectivity index (χ3n) is 8.89. The third-order valence-corrected chi connectivity index (χ3v) is 8.89. The first kappa shape index (κ1) is 29.4. The van der Waals surface area contributed by atoms with Crippen LogP contribution in [0.15, 0.2) is 192 Å². The van der Waals surface area contributed by atoms with Crippen molar-refractivity contribution >= 4 is 11.1 Å². The molecule has 0 saturated heterocycles. The summed E-state index contributed by atoms with van der Waals surface area (Å²) >= 11 is 0. The number of benzene rings is 1. The van der Waals surface area contributed by atoms with Gasteiger partial charge in [-0.2, -0.15) is 0 Å². The molecule has 218 valence electrons. The van der Waals surface area contributed by atoms with Crippen LogP contribution in [0.1, 0.15) is 38.5 Å². The Labute approximate surface area is 263 Å². The molecule has 0 nitrogen and oxygen atoms in total. The van der Waals surface area contributed by atoms with Gasteiger partial charge in [0.15, 0.2) is 0 Å². The molecule has 0 aromatic heterocycles. The molecule has 44 heavy (non-hydrogen) atoms. The monoisotopic (exact) mass is 570 g/mol. The number of allylic oxidation sites excluding steroid dienone is 28. The molecule has 1 aromatic rings. The van der Waals surface area contributed by atoms with Crippen LogP contribution in [-0.4, -0.2) is 0 Å². The van der Waals surface area contributed by atoms with Gasteiger partial charge in [0.05, 0.1) is 0 Å². The lowest BCUT2D eigenvalue weighted by atomic mass is 9.68. The minimum absolute atomic E-state index is 0.298. The fourth-order valence-electron chi connectivity index (χ4n) is 6.81. The topological polar surface area (TPSA) is 0 Å². The van der Waals surface area contributed by atoms with Gasteiger partial charge in [0.1, 0.15) is 0 Å². The summed E-state index contributed by atoms with van der Waals surface area (Å²) in [7, 11) is 0. The summed E-state index contributed by atoms with van der Waals surface area (Å²) < 4.78 is 0. The van der Waals surface area contributed by atoms with Crippen LogP contribution < -0.4 is 10.4 Å². The maximum Gasteiger partial charge on any atom is 0.0134 e. The first-order chi connectivity index (χ1) is 21.9. The molecule has 0 radical (unpaired) electrons. The molecular formula is C44H42. The Balaban J connectivity index is 1.47. The second-order valence-electron chi connectivity index (χ2n) is 11.7. The van der Waals surface area contributed by atoms with Gasteiger partial charge in [-0.25, -0.2) is 0 Å². The van der Waals surface area contributed by atoms with E-state index in [1.807, 2.05) is 0 Å². The Bertz CT molecular complexity index is 1790. The molecule has 0 amide bonds. The van der Waals surface area contributed by atoms with Gasteiger partial charge in [-0.15, -0.1) is 0 Å². The maximum absolute atomic E-state index is 2.44. The van der Waals surface area contributed by atoms with Crippen LogP contribution in [0.5, 0.6) is 0 Å². The van der Waals surface area contributed by atoms with E-state index in [1.54, 1.807) is 0 Å². The van der Waals surface area contributed by atoms with E-state index in [1.165, 1.54) is 43.9 Å². The Morgan fingerprint density at radius 2 is 0.932 bits per heavy atom. The summed E-state index contributed by atoms with van der Waals surface area (Å²) in [6, 6.07) is 9.14. The molecule has 0 heterocycles. The fraction of sp³-hybridized carbons (Fsp3) is 0.182. The van der Waals surface area contributed by atoms with Crippen molar-refractivity contribution < 1.29 is 0 Å². The Morgan fingerprint density at radius 1 is 0.409 bits per heavy atom. The summed E-state index contributed by atoms with van der Waals surface area (Å²) in [6.45, 7) is 0. The van der Waals surface area contributed by atoms with Crippen LogP contribution in [0.25, 0.3) is 11.1 Å². The number of hydrogen-bond acceptors (Lipinski definition) is 0. The van der Waals surface area contributed by atoms with E-state index < -0.39 is 0 Å². The standard InChI is InChI=1S/C44H42/c1-3-7-13-23-35(24-14-8-4-1)36-25-15-11-12-18-28-38(34-33-36)44-41-31-21-19-29-39(41)43(40-30-20-22-32-42(40)44)37-26-16-9-5-2-6-10-17-27-37/h1-5,7-13,15-23,25,27-32,39,41H,6,14,24,26,33-34H2/b3-1-,5-2-,8-4+,13-7-,15-11-,16-9-,17-10-,18-12-,35-23-,36-25-,37-27+,38-28?. The van der Waals surface area contributed by atoms with Crippen molar-refractivity contribution in [3.05, 3.63) is 203 Å². The normalized spacial score (nSPS) is 32.7. The van der Waals surface area contributed by atoms with Crippen molar-refractivity contribution in [3.63, 3.8) is 0 Å². The molecule has 6 rings (SSSR count). The van der Waals surface area contributed by atoms with E-state index in [4.69, 9.17) is 0 Å². The molecule has 0 N–H and O–H groups in total. The van der Waals surface area contributed by atoms with Gasteiger partial charge in [0, 0.05) is 11.8 Å². The largest absolute Gasteiger partial charge is 0.0842 e. The molecule has 5 aliphatic rings. The lowest BCUT2D eigenvalue weighted by Gasteiger charge is -2.35. The molecule has 2 unspecified atom stereocenters. The average molecular weight is 571 g/mol. The molecule has 2 atom stereocenters. The van der Waals surface area contributed by atoms with Gasteiger partial charge < -0.3 is 0 Å². The Hall–Kier alpha value is -4.68. The fourth-order valence-corrected chi connectivity index (χ4v) is 6.81. The smallest absolute Gasteiger partial charge is 0.0134 e. The van der Waals surface area contributed by atoms with Gasteiger partial charge >= 0.3 is 0 Å². The van der Waals surface area contributed by atoms with Crippen LogP contribution >= 0.6 is 0 Å². The van der Waals surface area contributed by atoms with Crippen LogP contribution in [0.2, 0.25) is 0 Å². The minimum Gasteiger partial charge on any atom is -0.0842 e. The predicted molar refractivity (Wildman–Crippen MR) is 191 cm³/mol. The Kier molecular flexibility index (Phi) is 10.1. The van der Waals surface area contributed by atoms with Gasteiger partial charge in [0.2, 0.25) is 0 Å². The van der Waals surface area contributed by atoms with Gasteiger partial charge in [-0.05, 0) is 82.4 Å². The molecule has 0 heteroatoms. The highest BCUT2D eigenvalue weighted by atomic mass is 14.4. The highest BCUT2D eigenvalue weighted by Crippen LogP contribution is 2.42. The quantitative estimate of drug-likeness (QED) is 0.339. The summed E-state index contributed by atoms with van der Waals surface area (Å²) in [5.41, 5.74) is 8.64. The van der Waals surface area contributed by atoms with Crippen molar-refractivity contribution in [1.29, 1.82) is 0 Å². The van der Waals surface area contributed by atoms with Crippen molar-refractivity contribution in [2.24, 2.45) is 11.8 Å². The van der Waals surface area contributed by atoms with Crippen molar-refractivity contribution in [2.75, 3.05) is 0 Å². The SMILES string of the molecule is C1=CC2C(C3=C\C=C/C=C\C=C(/C4=C\C=C/C=C\C=C\CC4)CC3)=c3ccccc3=C(/C3=C/C=C\C/C=C\C=C/C3)C2C=C1. The average Bonchev–Trinajstić information content (AvgIpc) is 3.07. The summed E-state index contributed by atoms with van der Waals surface area (Å²) in [5, 5.41) is 2.76. The highest BCUT2D eigenvalue weighted by Gasteiger charge is 2.32. The summed E-state index contributed by atoms with van der Waals surface area (Å²) in [6.07, 6.45) is 59.9. The van der Waals surface area contributed by atoms with Crippen LogP contribution in [-0.2, 0) is 0 Å². The molecule has 0 saturated carbocycles. The molecule has 5 aliphatic carbocycles. The first-order valence-corrected chi connectivity index (χ1v) is 16.2. The molecular weight excluding hydrogens is 528 g/mol. The van der Waals surface area contributed by atoms with Crippen molar-refractivity contribution in [1.82, 2.24) is 0 Å². The van der Waals surface area contributed by atoms with Gasteiger partial charge in [-0.1, -0.05) is 170 Å². The van der Waals surface area contributed by atoms with E-state index >= 15 is 0 Å². The molecule has 0 spiro atoms. The van der Waals surface area contributed by atoms with E-state index in [2.05, 4.69) is 170 Å². The zero-order valence-electron chi connectivity index (χ0n) is 25.6. The van der Waals surface area contributed by atoms with Crippen LogP contribution in [0, 0.1) is 11.8 Å². The minimum atomic E-state index is 0.298. The first-order valence-electron chi connectivity index (χ1n) is 16.2. The zero-order valence-corrected chi connectivity index (χ0v) is 25.6.